The van der Waals surface area contributed by atoms with Crippen LogP contribution in [0.1, 0.15) is 34.7 Å². The second-order valence-corrected chi connectivity index (χ2v) is 9.93. The summed E-state index contributed by atoms with van der Waals surface area (Å²) in [6.07, 6.45) is 1.34. The van der Waals surface area contributed by atoms with Crippen LogP contribution in [0.15, 0.2) is 27.0 Å². The molecule has 3 aromatic heterocycles. The Balaban J connectivity index is 1.59. The number of hydrogen-bond acceptors (Lipinski definition) is 11. The first-order chi connectivity index (χ1) is 13.6. The van der Waals surface area contributed by atoms with Gasteiger partial charge < -0.3 is 0 Å². The Morgan fingerprint density at radius 2 is 1.46 bits per heavy atom. The van der Waals surface area contributed by atoms with Crippen LogP contribution in [0.4, 0.5) is 10.3 Å². The maximum absolute atomic E-state index is 12.3. The van der Waals surface area contributed by atoms with Gasteiger partial charge >= 0.3 is 0 Å². The van der Waals surface area contributed by atoms with Gasteiger partial charge in [-0.15, -0.1) is 20.4 Å². The topological polar surface area (TPSA) is 123 Å². The van der Waals surface area contributed by atoms with E-state index in [4.69, 9.17) is 0 Å². The molecular formula is C15H15N7O2S4. The fourth-order valence-electron chi connectivity index (χ4n) is 1.88. The van der Waals surface area contributed by atoms with Gasteiger partial charge in [-0.2, -0.15) is 0 Å². The number of anilines is 2. The Hall–Kier alpha value is -2.09. The maximum Gasteiger partial charge on any atom is 0.276 e. The average Bonchev–Trinajstić information content (AvgIpc) is 3.32. The number of pyridine rings is 1. The molecule has 0 bridgehead atoms. The molecule has 0 fully saturated rings. The summed E-state index contributed by atoms with van der Waals surface area (Å²) in [6.45, 7) is 4.03. The van der Waals surface area contributed by atoms with Gasteiger partial charge in [0.25, 0.3) is 11.8 Å². The van der Waals surface area contributed by atoms with E-state index in [0.717, 1.165) is 20.2 Å². The highest BCUT2D eigenvalue weighted by Crippen LogP contribution is 2.26. The summed E-state index contributed by atoms with van der Waals surface area (Å²) in [5, 5.41) is 21.9. The molecular weight excluding hydrogens is 438 g/mol. The first kappa shape index (κ1) is 20.6. The third-order valence-electron chi connectivity index (χ3n) is 3.05. The van der Waals surface area contributed by atoms with Crippen molar-refractivity contribution < 1.29 is 9.59 Å². The number of carbonyl (C=O) groups excluding carboxylic acids is 2. The standard InChI is InChI=1S/C15H15N7O2S4/c1-3-25-14-21-19-12(27-14)17-10(23)8-5-6-9(16-7-8)11(24)18-13-20-22-15(28-13)26-4-2/h5-7H,3-4H2,1-2H3,(H,17,19,23)(H,18,20,24). The molecule has 3 heterocycles. The normalized spacial score (nSPS) is 10.6. The highest BCUT2D eigenvalue weighted by Gasteiger charge is 2.14. The van der Waals surface area contributed by atoms with Gasteiger partial charge in [0.15, 0.2) is 8.68 Å². The molecule has 0 saturated carbocycles. The molecule has 9 nitrogen and oxygen atoms in total. The number of aromatic nitrogens is 5. The van der Waals surface area contributed by atoms with Crippen LogP contribution in [0.2, 0.25) is 0 Å². The Bertz CT molecular complexity index is 880. The summed E-state index contributed by atoms with van der Waals surface area (Å²) in [4.78, 5) is 28.6. The van der Waals surface area contributed by atoms with E-state index in [0.29, 0.717) is 15.8 Å². The monoisotopic (exact) mass is 453 g/mol. The third kappa shape index (κ3) is 5.47. The van der Waals surface area contributed by atoms with E-state index < -0.39 is 5.91 Å². The Morgan fingerprint density at radius 3 is 1.96 bits per heavy atom. The van der Waals surface area contributed by atoms with E-state index >= 15 is 0 Å². The van der Waals surface area contributed by atoms with Crippen molar-refractivity contribution in [2.45, 2.75) is 22.5 Å². The lowest BCUT2D eigenvalue weighted by Gasteiger charge is -2.03. The predicted molar refractivity (Wildman–Crippen MR) is 113 cm³/mol. The smallest absolute Gasteiger partial charge is 0.276 e. The molecule has 0 aliphatic rings. The predicted octanol–water partition coefficient (Wildman–Crippen LogP) is 3.51. The van der Waals surface area contributed by atoms with Crippen molar-refractivity contribution in [1.29, 1.82) is 0 Å². The minimum atomic E-state index is -0.415. The molecule has 0 aliphatic heterocycles. The minimum Gasteiger partial charge on any atom is -0.296 e. The molecule has 2 N–H and O–H groups in total. The van der Waals surface area contributed by atoms with Crippen LogP contribution in [0, 0.1) is 0 Å². The van der Waals surface area contributed by atoms with Crippen LogP contribution in [-0.2, 0) is 0 Å². The number of rotatable bonds is 8. The van der Waals surface area contributed by atoms with Crippen molar-refractivity contribution in [2.24, 2.45) is 0 Å². The van der Waals surface area contributed by atoms with E-state index in [9.17, 15) is 9.59 Å². The average molecular weight is 454 g/mol. The highest BCUT2D eigenvalue weighted by atomic mass is 32.2. The highest BCUT2D eigenvalue weighted by molar-refractivity contribution is 8.01. The molecule has 0 aromatic carbocycles. The molecule has 13 heteroatoms. The van der Waals surface area contributed by atoms with Gasteiger partial charge in [0.2, 0.25) is 10.3 Å². The van der Waals surface area contributed by atoms with Crippen LogP contribution in [0.3, 0.4) is 0 Å². The van der Waals surface area contributed by atoms with Gasteiger partial charge in [-0.25, -0.2) is 0 Å². The Labute approximate surface area is 177 Å². The fourth-order valence-corrected chi connectivity index (χ4v) is 5.17. The molecule has 0 saturated heterocycles. The minimum absolute atomic E-state index is 0.175. The van der Waals surface area contributed by atoms with E-state index in [1.54, 1.807) is 23.5 Å². The summed E-state index contributed by atoms with van der Waals surface area (Å²) in [6, 6.07) is 3.00. The second kappa shape index (κ2) is 9.91. The Kier molecular flexibility index (Phi) is 7.30. The largest absolute Gasteiger partial charge is 0.296 e. The van der Waals surface area contributed by atoms with Crippen molar-refractivity contribution in [3.63, 3.8) is 0 Å². The summed E-state index contributed by atoms with van der Waals surface area (Å²) >= 11 is 5.71. The van der Waals surface area contributed by atoms with Crippen molar-refractivity contribution in [3.8, 4) is 0 Å². The van der Waals surface area contributed by atoms with Crippen LogP contribution in [0.25, 0.3) is 0 Å². The van der Waals surface area contributed by atoms with E-state index in [1.807, 2.05) is 13.8 Å². The quantitative estimate of drug-likeness (QED) is 0.389. The number of hydrogen-bond donors (Lipinski definition) is 2. The molecule has 146 valence electrons. The first-order valence-corrected chi connectivity index (χ1v) is 11.7. The van der Waals surface area contributed by atoms with Crippen LogP contribution >= 0.6 is 46.2 Å². The van der Waals surface area contributed by atoms with Gasteiger partial charge in [0.1, 0.15) is 5.69 Å². The van der Waals surface area contributed by atoms with Gasteiger partial charge in [-0.1, -0.05) is 60.0 Å². The summed E-state index contributed by atoms with van der Waals surface area (Å²) in [5.74, 6) is 0.977. The van der Waals surface area contributed by atoms with Crippen molar-refractivity contribution in [1.82, 2.24) is 25.4 Å². The zero-order chi connectivity index (χ0) is 19.9. The van der Waals surface area contributed by atoms with E-state index in [1.165, 1.54) is 41.0 Å². The van der Waals surface area contributed by atoms with Gasteiger partial charge in [-0.3, -0.25) is 25.2 Å². The maximum atomic E-state index is 12.3. The molecule has 3 rings (SSSR count). The lowest BCUT2D eigenvalue weighted by molar-refractivity contribution is 0.101. The lowest BCUT2D eigenvalue weighted by atomic mass is 10.2. The third-order valence-corrected chi connectivity index (χ3v) is 6.76. The number of carbonyl (C=O) groups is 2. The first-order valence-electron chi connectivity index (χ1n) is 8.10. The fraction of sp³-hybridized carbons (Fsp3) is 0.267. The Morgan fingerprint density at radius 1 is 0.893 bits per heavy atom. The van der Waals surface area contributed by atoms with Gasteiger partial charge in [0, 0.05) is 6.20 Å². The molecule has 0 spiro atoms. The number of thioether (sulfide) groups is 2. The van der Waals surface area contributed by atoms with Gasteiger partial charge in [-0.05, 0) is 23.6 Å². The zero-order valence-corrected chi connectivity index (χ0v) is 18.1. The van der Waals surface area contributed by atoms with Crippen LogP contribution in [0.5, 0.6) is 0 Å². The van der Waals surface area contributed by atoms with Crippen molar-refractivity contribution >= 4 is 68.3 Å². The zero-order valence-electron chi connectivity index (χ0n) is 14.8. The second-order valence-electron chi connectivity index (χ2n) is 4.95. The van der Waals surface area contributed by atoms with Crippen LogP contribution < -0.4 is 10.6 Å². The molecule has 0 unspecified atom stereocenters. The van der Waals surface area contributed by atoms with Gasteiger partial charge in [0.05, 0.1) is 5.56 Å². The number of nitrogens with zero attached hydrogens (tertiary/aromatic N) is 5. The summed E-state index contributed by atoms with van der Waals surface area (Å²) < 4.78 is 1.58. The molecule has 3 aromatic rings. The number of nitrogens with one attached hydrogen (secondary N) is 2. The van der Waals surface area contributed by atoms with Crippen LogP contribution in [-0.4, -0.2) is 48.7 Å². The molecule has 0 atom stereocenters. The van der Waals surface area contributed by atoms with Crippen molar-refractivity contribution in [2.75, 3.05) is 22.1 Å². The molecule has 28 heavy (non-hydrogen) atoms. The SMILES string of the molecule is CCSc1nnc(NC(=O)c2ccc(C(=O)Nc3nnc(SCC)s3)nc2)s1. The molecule has 0 radical (unpaired) electrons. The molecule has 2 amide bonds. The summed E-state index contributed by atoms with van der Waals surface area (Å²) in [7, 11) is 0. The number of amides is 2. The molecule has 0 aliphatic carbocycles. The van der Waals surface area contributed by atoms with Crippen molar-refractivity contribution in [3.05, 3.63) is 29.6 Å². The van der Waals surface area contributed by atoms with E-state index in [2.05, 4.69) is 36.0 Å². The summed E-state index contributed by atoms with van der Waals surface area (Å²) in [5.41, 5.74) is 0.489. The lowest BCUT2D eigenvalue weighted by Crippen LogP contribution is -2.16. The van der Waals surface area contributed by atoms with E-state index in [-0.39, 0.29) is 11.6 Å².